The van der Waals surface area contributed by atoms with Crippen molar-refractivity contribution in [3.05, 3.63) is 5.82 Å². The van der Waals surface area contributed by atoms with Gasteiger partial charge in [-0.25, -0.2) is 0 Å². The molecular weight excluding hydrogens is 230 g/mol. The molecule has 1 aromatic rings. The monoisotopic (exact) mass is 253 g/mol. The van der Waals surface area contributed by atoms with E-state index in [-0.39, 0.29) is 0 Å². The first-order valence-corrected chi connectivity index (χ1v) is 6.64. The summed E-state index contributed by atoms with van der Waals surface area (Å²) in [5.74, 6) is 1.31. The number of rotatable bonds is 4. The van der Waals surface area contributed by atoms with Gasteiger partial charge < -0.3 is 10.0 Å². The molecule has 102 valence electrons. The van der Waals surface area contributed by atoms with Crippen molar-refractivity contribution in [3.8, 4) is 0 Å². The normalized spacial score (nSPS) is 20.5. The molecule has 18 heavy (non-hydrogen) atoms. The topological polar surface area (TPSA) is 67.1 Å². The summed E-state index contributed by atoms with van der Waals surface area (Å²) < 4.78 is 0. The Morgan fingerprint density at radius 1 is 1.33 bits per heavy atom. The van der Waals surface area contributed by atoms with E-state index in [1.165, 1.54) is 4.80 Å². The maximum Gasteiger partial charge on any atom is 0.177 e. The second-order valence-electron chi connectivity index (χ2n) is 5.79. The molecule has 0 bridgehead atoms. The highest BCUT2D eigenvalue weighted by Gasteiger charge is 2.33. The van der Waals surface area contributed by atoms with Crippen LogP contribution in [0.4, 0.5) is 0 Å². The quantitative estimate of drug-likeness (QED) is 0.832. The van der Waals surface area contributed by atoms with Crippen LogP contribution in [0.1, 0.15) is 32.5 Å². The Labute approximate surface area is 108 Å². The van der Waals surface area contributed by atoms with Crippen molar-refractivity contribution in [1.29, 1.82) is 0 Å². The van der Waals surface area contributed by atoms with Crippen LogP contribution in [0.2, 0.25) is 0 Å². The van der Waals surface area contributed by atoms with Crippen LogP contribution in [-0.4, -0.2) is 55.4 Å². The predicted octanol–water partition coefficient (Wildman–Crippen LogP) is 0.235. The van der Waals surface area contributed by atoms with E-state index >= 15 is 0 Å². The second kappa shape index (κ2) is 5.32. The number of aryl methyl sites for hydroxylation is 1. The van der Waals surface area contributed by atoms with Crippen molar-refractivity contribution in [3.63, 3.8) is 0 Å². The van der Waals surface area contributed by atoms with E-state index in [9.17, 15) is 5.11 Å². The highest BCUT2D eigenvalue weighted by atomic mass is 16.3. The standard InChI is InChI=1S/C12H23N5O/c1-10(2)9-17-6-4-12(18,5-7-17)8-11-13-15-16(3)14-11/h10,18H,4-9H2,1-3H3. The number of hydrogen-bond donors (Lipinski definition) is 1. The van der Waals surface area contributed by atoms with Gasteiger partial charge in [0, 0.05) is 26.1 Å². The van der Waals surface area contributed by atoms with Crippen LogP contribution in [-0.2, 0) is 13.5 Å². The van der Waals surface area contributed by atoms with Gasteiger partial charge in [0.15, 0.2) is 5.82 Å². The lowest BCUT2D eigenvalue weighted by Gasteiger charge is -2.38. The van der Waals surface area contributed by atoms with Crippen molar-refractivity contribution >= 4 is 0 Å². The predicted molar refractivity (Wildman–Crippen MR) is 68.0 cm³/mol. The van der Waals surface area contributed by atoms with E-state index in [0.717, 1.165) is 32.5 Å². The fraction of sp³-hybridized carbons (Fsp3) is 0.917. The summed E-state index contributed by atoms with van der Waals surface area (Å²) in [6.45, 7) is 7.47. The Balaban J connectivity index is 1.87. The first kappa shape index (κ1) is 13.4. The lowest BCUT2D eigenvalue weighted by molar-refractivity contribution is -0.0241. The molecule has 0 radical (unpaired) electrons. The molecule has 0 unspecified atom stereocenters. The Kier molecular flexibility index (Phi) is 3.97. The molecule has 1 aromatic heterocycles. The molecule has 1 N–H and O–H groups in total. The van der Waals surface area contributed by atoms with Crippen molar-refractivity contribution < 1.29 is 5.11 Å². The molecule has 0 spiro atoms. The fourth-order valence-corrected chi connectivity index (χ4v) is 2.53. The lowest BCUT2D eigenvalue weighted by Crippen LogP contribution is -2.46. The van der Waals surface area contributed by atoms with Gasteiger partial charge in [0.25, 0.3) is 0 Å². The number of aliphatic hydroxyl groups is 1. The van der Waals surface area contributed by atoms with Gasteiger partial charge in [-0.15, -0.1) is 10.2 Å². The average Bonchev–Trinajstić information content (AvgIpc) is 2.67. The van der Waals surface area contributed by atoms with E-state index in [0.29, 0.717) is 18.2 Å². The van der Waals surface area contributed by atoms with Gasteiger partial charge >= 0.3 is 0 Å². The largest absolute Gasteiger partial charge is 0.389 e. The molecule has 0 aromatic carbocycles. The molecule has 0 atom stereocenters. The molecule has 1 fully saturated rings. The molecule has 0 amide bonds. The van der Waals surface area contributed by atoms with E-state index < -0.39 is 5.60 Å². The number of tetrazole rings is 1. The molecule has 6 nitrogen and oxygen atoms in total. The van der Waals surface area contributed by atoms with Crippen LogP contribution in [0.25, 0.3) is 0 Å². The second-order valence-corrected chi connectivity index (χ2v) is 5.79. The number of piperidine rings is 1. The van der Waals surface area contributed by atoms with Crippen LogP contribution < -0.4 is 0 Å². The lowest BCUT2D eigenvalue weighted by atomic mass is 9.87. The SMILES string of the molecule is CC(C)CN1CCC(O)(Cc2nnn(C)n2)CC1. The molecule has 0 aliphatic carbocycles. The Morgan fingerprint density at radius 3 is 2.50 bits per heavy atom. The molecule has 2 rings (SSSR count). The third-order valence-corrected chi connectivity index (χ3v) is 3.45. The maximum absolute atomic E-state index is 10.5. The first-order chi connectivity index (χ1) is 8.47. The molecule has 1 saturated heterocycles. The minimum Gasteiger partial charge on any atom is -0.389 e. The van der Waals surface area contributed by atoms with Crippen LogP contribution in [0.3, 0.4) is 0 Å². The summed E-state index contributed by atoms with van der Waals surface area (Å²) >= 11 is 0. The summed E-state index contributed by atoms with van der Waals surface area (Å²) in [6, 6.07) is 0. The molecule has 6 heteroatoms. The number of aromatic nitrogens is 4. The zero-order chi connectivity index (χ0) is 13.2. The molecule has 2 heterocycles. The summed E-state index contributed by atoms with van der Waals surface area (Å²) in [5.41, 5.74) is -0.656. The summed E-state index contributed by atoms with van der Waals surface area (Å²) in [5, 5.41) is 22.4. The van der Waals surface area contributed by atoms with E-state index in [1.54, 1.807) is 7.05 Å². The third kappa shape index (κ3) is 3.49. The smallest absolute Gasteiger partial charge is 0.177 e. The van der Waals surface area contributed by atoms with Gasteiger partial charge in [-0.2, -0.15) is 4.80 Å². The Morgan fingerprint density at radius 2 is 2.00 bits per heavy atom. The van der Waals surface area contributed by atoms with Gasteiger partial charge in [-0.1, -0.05) is 13.8 Å². The van der Waals surface area contributed by atoms with Crippen molar-refractivity contribution in [2.45, 2.75) is 38.7 Å². The van der Waals surface area contributed by atoms with E-state index in [1.807, 2.05) is 0 Å². The maximum atomic E-state index is 10.5. The molecule has 0 saturated carbocycles. The van der Waals surface area contributed by atoms with Gasteiger partial charge in [0.05, 0.1) is 12.6 Å². The summed E-state index contributed by atoms with van der Waals surface area (Å²) in [6.07, 6.45) is 2.09. The molecule has 1 aliphatic rings. The minimum atomic E-state index is -0.656. The van der Waals surface area contributed by atoms with Gasteiger partial charge in [-0.3, -0.25) is 0 Å². The zero-order valence-corrected chi connectivity index (χ0v) is 11.5. The fourth-order valence-electron chi connectivity index (χ4n) is 2.53. The average molecular weight is 253 g/mol. The zero-order valence-electron chi connectivity index (χ0n) is 11.5. The first-order valence-electron chi connectivity index (χ1n) is 6.64. The molecular formula is C12H23N5O. The number of hydrogen-bond acceptors (Lipinski definition) is 5. The highest BCUT2D eigenvalue weighted by molar-refractivity contribution is 4.94. The van der Waals surface area contributed by atoms with Crippen LogP contribution in [0, 0.1) is 5.92 Å². The van der Waals surface area contributed by atoms with Gasteiger partial charge in [0.2, 0.25) is 0 Å². The number of likely N-dealkylation sites (tertiary alicyclic amines) is 1. The summed E-state index contributed by atoms with van der Waals surface area (Å²) in [7, 11) is 1.74. The number of nitrogens with zero attached hydrogens (tertiary/aromatic N) is 5. The van der Waals surface area contributed by atoms with Crippen LogP contribution in [0.15, 0.2) is 0 Å². The van der Waals surface area contributed by atoms with Crippen LogP contribution >= 0.6 is 0 Å². The van der Waals surface area contributed by atoms with E-state index in [4.69, 9.17) is 0 Å². The summed E-state index contributed by atoms with van der Waals surface area (Å²) in [4.78, 5) is 3.86. The van der Waals surface area contributed by atoms with Gasteiger partial charge in [-0.05, 0) is 24.0 Å². The Hall–Kier alpha value is -1.01. The van der Waals surface area contributed by atoms with Crippen LogP contribution in [0.5, 0.6) is 0 Å². The molecule has 1 aliphatic heterocycles. The third-order valence-electron chi connectivity index (χ3n) is 3.45. The Bertz CT molecular complexity index is 382. The van der Waals surface area contributed by atoms with Crippen molar-refractivity contribution in [2.75, 3.05) is 19.6 Å². The van der Waals surface area contributed by atoms with Crippen molar-refractivity contribution in [2.24, 2.45) is 13.0 Å². The van der Waals surface area contributed by atoms with E-state index in [2.05, 4.69) is 34.2 Å². The minimum absolute atomic E-state index is 0.510. The van der Waals surface area contributed by atoms with Gasteiger partial charge in [0.1, 0.15) is 0 Å². The van der Waals surface area contributed by atoms with Crippen molar-refractivity contribution in [1.82, 2.24) is 25.1 Å². The highest BCUT2D eigenvalue weighted by Crippen LogP contribution is 2.25.